The third-order valence-electron chi connectivity index (χ3n) is 4.97. The molecule has 3 N–H and O–H groups in total. The monoisotopic (exact) mass is 319 g/mol. The fraction of sp³-hybridized carbons (Fsp3) is 0.688. The Hall–Kier alpha value is -1.89. The standard InChI is InChI=1S/C16H25N5O2/c1-20-7-4-5-11(10-20)16(23)21-8-3-2-6-14(21)12-9-13(15(17)22)19-18-12/h9,11,14H,2-8,10H2,1H3,(H2,17,22)(H,18,19). The van der Waals surface area contributed by atoms with Crippen LogP contribution in [0.5, 0.6) is 0 Å². The summed E-state index contributed by atoms with van der Waals surface area (Å²) in [7, 11) is 2.07. The molecule has 0 aliphatic carbocycles. The Morgan fingerprint density at radius 2 is 2.09 bits per heavy atom. The summed E-state index contributed by atoms with van der Waals surface area (Å²) in [5.74, 6) is -0.237. The Morgan fingerprint density at radius 3 is 2.78 bits per heavy atom. The molecule has 2 amide bonds. The summed E-state index contributed by atoms with van der Waals surface area (Å²) in [6.07, 6.45) is 5.03. The van der Waals surface area contributed by atoms with Crippen molar-refractivity contribution in [3.8, 4) is 0 Å². The van der Waals surface area contributed by atoms with Crippen molar-refractivity contribution >= 4 is 11.8 Å². The smallest absolute Gasteiger partial charge is 0.269 e. The van der Waals surface area contributed by atoms with E-state index in [1.165, 1.54) is 0 Å². The van der Waals surface area contributed by atoms with Crippen LogP contribution in [0.1, 0.15) is 54.3 Å². The molecule has 1 aromatic heterocycles. The first-order chi connectivity index (χ1) is 11.1. The second-order valence-corrected chi connectivity index (χ2v) is 6.72. The number of nitrogens with two attached hydrogens (primary N) is 1. The van der Waals surface area contributed by atoms with Gasteiger partial charge in [-0.25, -0.2) is 0 Å². The highest BCUT2D eigenvalue weighted by Gasteiger charge is 2.34. The van der Waals surface area contributed by atoms with Gasteiger partial charge in [-0.3, -0.25) is 14.7 Å². The number of rotatable bonds is 3. The van der Waals surface area contributed by atoms with E-state index in [1.54, 1.807) is 6.07 Å². The molecule has 23 heavy (non-hydrogen) atoms. The van der Waals surface area contributed by atoms with E-state index in [4.69, 9.17) is 5.73 Å². The van der Waals surface area contributed by atoms with E-state index < -0.39 is 5.91 Å². The molecule has 0 saturated carbocycles. The van der Waals surface area contributed by atoms with Crippen LogP contribution in [0.4, 0.5) is 0 Å². The Balaban J connectivity index is 1.77. The topological polar surface area (TPSA) is 95.3 Å². The maximum absolute atomic E-state index is 13.0. The summed E-state index contributed by atoms with van der Waals surface area (Å²) in [6.45, 7) is 2.67. The number of nitrogens with one attached hydrogen (secondary N) is 1. The van der Waals surface area contributed by atoms with Crippen LogP contribution in [0.15, 0.2) is 6.07 Å². The first-order valence-corrected chi connectivity index (χ1v) is 8.40. The Bertz CT molecular complexity index is 585. The van der Waals surface area contributed by atoms with Crippen molar-refractivity contribution in [3.05, 3.63) is 17.5 Å². The number of hydrogen-bond acceptors (Lipinski definition) is 4. The number of carbonyl (C=O) groups is 2. The lowest BCUT2D eigenvalue weighted by atomic mass is 9.92. The molecular formula is C16H25N5O2. The molecule has 2 atom stereocenters. The van der Waals surface area contributed by atoms with Crippen LogP contribution < -0.4 is 5.73 Å². The van der Waals surface area contributed by atoms with Crippen LogP contribution in [0.25, 0.3) is 0 Å². The number of hydrogen-bond donors (Lipinski definition) is 2. The lowest BCUT2D eigenvalue weighted by molar-refractivity contribution is -0.141. The Kier molecular flexibility index (Phi) is 4.66. The van der Waals surface area contributed by atoms with Gasteiger partial charge in [0.2, 0.25) is 5.91 Å². The lowest BCUT2D eigenvalue weighted by Gasteiger charge is -2.39. The minimum Gasteiger partial charge on any atom is -0.364 e. The molecule has 0 spiro atoms. The van der Waals surface area contributed by atoms with E-state index in [1.807, 2.05) is 4.90 Å². The van der Waals surface area contributed by atoms with Crippen molar-refractivity contribution in [1.82, 2.24) is 20.0 Å². The minimum atomic E-state index is -0.546. The van der Waals surface area contributed by atoms with Crippen LogP contribution in [-0.2, 0) is 4.79 Å². The summed E-state index contributed by atoms with van der Waals surface area (Å²) in [5, 5.41) is 6.86. The average molecular weight is 319 g/mol. The number of aromatic nitrogens is 2. The Morgan fingerprint density at radius 1 is 1.26 bits per heavy atom. The van der Waals surface area contributed by atoms with Gasteiger partial charge in [-0.1, -0.05) is 0 Å². The SMILES string of the molecule is CN1CCCC(C(=O)N2CCCCC2c2cc(C(N)=O)n[nH]2)C1. The van der Waals surface area contributed by atoms with Gasteiger partial charge in [0, 0.05) is 13.1 Å². The lowest BCUT2D eigenvalue weighted by Crippen LogP contribution is -2.46. The van der Waals surface area contributed by atoms with E-state index in [0.29, 0.717) is 0 Å². The fourth-order valence-electron chi connectivity index (χ4n) is 3.75. The number of carbonyl (C=O) groups excluding carboxylic acids is 2. The quantitative estimate of drug-likeness (QED) is 0.865. The third-order valence-corrected chi connectivity index (χ3v) is 4.97. The van der Waals surface area contributed by atoms with E-state index in [-0.39, 0.29) is 23.6 Å². The van der Waals surface area contributed by atoms with Crippen molar-refractivity contribution < 1.29 is 9.59 Å². The van der Waals surface area contributed by atoms with E-state index in [9.17, 15) is 9.59 Å². The van der Waals surface area contributed by atoms with Crippen LogP contribution in [0, 0.1) is 5.92 Å². The molecule has 3 heterocycles. The second kappa shape index (κ2) is 6.70. The van der Waals surface area contributed by atoms with Gasteiger partial charge in [0.1, 0.15) is 5.69 Å². The molecular weight excluding hydrogens is 294 g/mol. The fourth-order valence-corrected chi connectivity index (χ4v) is 3.75. The summed E-state index contributed by atoms with van der Waals surface area (Å²) >= 11 is 0. The molecule has 1 aromatic rings. The summed E-state index contributed by atoms with van der Waals surface area (Å²) in [4.78, 5) is 28.5. The predicted molar refractivity (Wildman–Crippen MR) is 85.6 cm³/mol. The highest BCUT2D eigenvalue weighted by molar-refractivity contribution is 5.90. The van der Waals surface area contributed by atoms with Crippen LogP contribution >= 0.6 is 0 Å². The average Bonchev–Trinajstić information content (AvgIpc) is 3.04. The number of primary amides is 1. The van der Waals surface area contributed by atoms with Gasteiger partial charge >= 0.3 is 0 Å². The van der Waals surface area contributed by atoms with E-state index in [2.05, 4.69) is 22.1 Å². The third kappa shape index (κ3) is 3.39. The van der Waals surface area contributed by atoms with Crippen molar-refractivity contribution in [1.29, 1.82) is 0 Å². The van der Waals surface area contributed by atoms with Gasteiger partial charge in [0.05, 0.1) is 17.7 Å². The van der Waals surface area contributed by atoms with E-state index in [0.717, 1.165) is 57.4 Å². The van der Waals surface area contributed by atoms with Gasteiger partial charge < -0.3 is 15.5 Å². The largest absolute Gasteiger partial charge is 0.364 e. The van der Waals surface area contributed by atoms with Gasteiger partial charge in [-0.15, -0.1) is 0 Å². The van der Waals surface area contributed by atoms with Crippen LogP contribution in [0.3, 0.4) is 0 Å². The molecule has 7 nitrogen and oxygen atoms in total. The predicted octanol–water partition coefficient (Wildman–Crippen LogP) is 0.904. The zero-order chi connectivity index (χ0) is 16.4. The number of H-pyrrole nitrogens is 1. The molecule has 2 unspecified atom stereocenters. The first kappa shape index (κ1) is 16.0. The number of amides is 2. The van der Waals surface area contributed by atoms with Gasteiger partial charge in [-0.2, -0.15) is 5.10 Å². The number of piperidine rings is 2. The molecule has 2 fully saturated rings. The Labute approximate surface area is 136 Å². The van der Waals surface area contributed by atoms with Crippen LogP contribution in [0.2, 0.25) is 0 Å². The molecule has 2 saturated heterocycles. The van der Waals surface area contributed by atoms with Crippen molar-refractivity contribution in [2.75, 3.05) is 26.7 Å². The summed E-state index contributed by atoms with van der Waals surface area (Å²) in [5.41, 5.74) is 6.32. The zero-order valence-corrected chi connectivity index (χ0v) is 13.6. The zero-order valence-electron chi connectivity index (χ0n) is 13.6. The number of aromatic amines is 1. The maximum Gasteiger partial charge on any atom is 0.269 e. The highest BCUT2D eigenvalue weighted by Crippen LogP contribution is 2.32. The summed E-state index contributed by atoms with van der Waals surface area (Å²) < 4.78 is 0. The number of nitrogens with zero attached hydrogens (tertiary/aromatic N) is 3. The van der Waals surface area contributed by atoms with Crippen molar-refractivity contribution in [3.63, 3.8) is 0 Å². The molecule has 2 aliphatic rings. The van der Waals surface area contributed by atoms with Crippen molar-refractivity contribution in [2.24, 2.45) is 11.7 Å². The van der Waals surface area contributed by atoms with Crippen LogP contribution in [-0.4, -0.2) is 58.5 Å². The highest BCUT2D eigenvalue weighted by atomic mass is 16.2. The van der Waals surface area contributed by atoms with Crippen molar-refractivity contribution in [2.45, 2.75) is 38.1 Å². The molecule has 126 valence electrons. The van der Waals surface area contributed by atoms with Gasteiger partial charge in [0.25, 0.3) is 5.91 Å². The molecule has 2 aliphatic heterocycles. The second-order valence-electron chi connectivity index (χ2n) is 6.72. The number of likely N-dealkylation sites (tertiary alicyclic amines) is 2. The molecule has 3 rings (SSSR count). The molecule has 7 heteroatoms. The first-order valence-electron chi connectivity index (χ1n) is 8.40. The minimum absolute atomic E-state index is 0.0240. The molecule has 0 radical (unpaired) electrons. The van der Waals surface area contributed by atoms with E-state index >= 15 is 0 Å². The normalized spacial score (nSPS) is 26.2. The maximum atomic E-state index is 13.0. The van der Waals surface area contributed by atoms with Gasteiger partial charge in [0.15, 0.2) is 0 Å². The van der Waals surface area contributed by atoms with Gasteiger partial charge in [-0.05, 0) is 51.8 Å². The molecule has 0 aromatic carbocycles. The molecule has 0 bridgehead atoms. The summed E-state index contributed by atoms with van der Waals surface area (Å²) in [6, 6.07) is 1.66.